The maximum Gasteiger partial charge on any atom is 0.387 e. The molecule has 3 nitrogen and oxygen atoms in total. The first-order chi connectivity index (χ1) is 10.0. The van der Waals surface area contributed by atoms with Crippen molar-refractivity contribution in [3.8, 4) is 5.75 Å². The molecule has 1 aliphatic carbocycles. The monoisotopic (exact) mass is 299 g/mol. The molecule has 1 saturated carbocycles. The van der Waals surface area contributed by atoms with Gasteiger partial charge in [0.2, 0.25) is 0 Å². The summed E-state index contributed by atoms with van der Waals surface area (Å²) in [6, 6.07) is 6.68. The van der Waals surface area contributed by atoms with Gasteiger partial charge >= 0.3 is 6.61 Å². The predicted molar refractivity (Wildman–Crippen MR) is 77.5 cm³/mol. The maximum atomic E-state index is 12.2. The van der Waals surface area contributed by atoms with Crippen molar-refractivity contribution < 1.29 is 18.6 Å². The van der Waals surface area contributed by atoms with Crippen molar-refractivity contribution in [3.05, 3.63) is 29.8 Å². The maximum absolute atomic E-state index is 12.2. The van der Waals surface area contributed by atoms with E-state index in [0.717, 1.165) is 18.8 Å². The number of rotatable bonds is 6. The Morgan fingerprint density at radius 3 is 2.67 bits per heavy atom. The van der Waals surface area contributed by atoms with Gasteiger partial charge in [-0.15, -0.1) is 0 Å². The van der Waals surface area contributed by atoms with Gasteiger partial charge in [-0.3, -0.25) is 0 Å². The first kappa shape index (κ1) is 16.2. The molecule has 0 amide bonds. The zero-order valence-corrected chi connectivity index (χ0v) is 12.3. The lowest BCUT2D eigenvalue weighted by Gasteiger charge is -2.28. The number of halogens is 2. The lowest BCUT2D eigenvalue weighted by Crippen LogP contribution is -2.35. The van der Waals surface area contributed by atoms with Crippen LogP contribution in [0.1, 0.15) is 44.3 Å². The van der Waals surface area contributed by atoms with Gasteiger partial charge in [-0.05, 0) is 49.3 Å². The van der Waals surface area contributed by atoms with E-state index in [1.807, 2.05) is 0 Å². The summed E-state index contributed by atoms with van der Waals surface area (Å²) in [6.45, 7) is -0.156. The molecule has 1 fully saturated rings. The van der Waals surface area contributed by atoms with Crippen molar-refractivity contribution in [1.29, 1.82) is 0 Å². The molecule has 0 heterocycles. The summed E-state index contributed by atoms with van der Waals surface area (Å²) < 4.78 is 28.7. The van der Waals surface area contributed by atoms with Gasteiger partial charge in [0, 0.05) is 12.6 Å². The summed E-state index contributed by atoms with van der Waals surface area (Å²) >= 11 is 0. The van der Waals surface area contributed by atoms with Crippen molar-refractivity contribution in [2.24, 2.45) is 5.92 Å². The molecule has 1 aromatic rings. The molecular weight excluding hydrogens is 276 g/mol. The average molecular weight is 299 g/mol. The Balaban J connectivity index is 1.83. The first-order valence-corrected chi connectivity index (χ1v) is 7.51. The van der Waals surface area contributed by atoms with Gasteiger partial charge in [0.25, 0.3) is 0 Å². The lowest BCUT2D eigenvalue weighted by molar-refractivity contribution is -0.0499. The largest absolute Gasteiger partial charge is 0.435 e. The van der Waals surface area contributed by atoms with Crippen LogP contribution in [0, 0.1) is 5.92 Å². The number of nitrogens with one attached hydrogen (secondary N) is 1. The summed E-state index contributed by atoms with van der Waals surface area (Å²) in [4.78, 5) is 0. The summed E-state index contributed by atoms with van der Waals surface area (Å²) in [6.07, 6.45) is 3.97. The van der Waals surface area contributed by atoms with Crippen molar-refractivity contribution in [2.45, 2.75) is 51.4 Å². The van der Waals surface area contributed by atoms with Gasteiger partial charge < -0.3 is 15.2 Å². The summed E-state index contributed by atoms with van der Waals surface area (Å²) in [5.74, 6) is 0.865. The number of benzene rings is 1. The van der Waals surface area contributed by atoms with E-state index in [2.05, 4.69) is 17.0 Å². The van der Waals surface area contributed by atoms with Gasteiger partial charge in [-0.2, -0.15) is 8.78 Å². The van der Waals surface area contributed by atoms with Crippen LogP contribution in [-0.4, -0.2) is 24.3 Å². The van der Waals surface area contributed by atoms with Gasteiger partial charge in [0.15, 0.2) is 0 Å². The van der Waals surface area contributed by atoms with E-state index >= 15 is 0 Å². The molecule has 0 saturated heterocycles. The number of alkyl halides is 2. The fourth-order valence-corrected chi connectivity index (χ4v) is 2.76. The average Bonchev–Trinajstić information content (AvgIpc) is 2.46. The Bertz CT molecular complexity index is 434. The van der Waals surface area contributed by atoms with Crippen molar-refractivity contribution in [1.82, 2.24) is 5.32 Å². The molecule has 21 heavy (non-hydrogen) atoms. The first-order valence-electron chi connectivity index (χ1n) is 7.51. The minimum atomic E-state index is -2.85. The molecule has 0 aromatic heterocycles. The van der Waals surface area contributed by atoms with Crippen LogP contribution >= 0.6 is 0 Å². The quantitative estimate of drug-likeness (QED) is 0.845. The molecular formula is C16H23F2NO2. The van der Waals surface area contributed by atoms with E-state index in [-0.39, 0.29) is 5.75 Å². The molecule has 2 N–H and O–H groups in total. The van der Waals surface area contributed by atoms with Crippen LogP contribution in [0.5, 0.6) is 5.75 Å². The number of aliphatic hydroxyl groups excluding tert-OH is 1. The molecule has 118 valence electrons. The molecule has 0 bridgehead atoms. The summed E-state index contributed by atoms with van der Waals surface area (Å²) in [5.41, 5.74) is 0.588. The van der Waals surface area contributed by atoms with Crippen LogP contribution in [0.3, 0.4) is 0 Å². The Hall–Kier alpha value is -1.20. The Labute approximate surface area is 124 Å². The zero-order valence-electron chi connectivity index (χ0n) is 12.3. The van der Waals surface area contributed by atoms with Crippen molar-refractivity contribution in [3.63, 3.8) is 0 Å². The fourth-order valence-electron chi connectivity index (χ4n) is 2.76. The van der Waals surface area contributed by atoms with E-state index in [1.165, 1.54) is 25.0 Å². The molecule has 0 aliphatic heterocycles. The standard InChI is InChI=1S/C16H23F2NO2/c1-11-5-7-13(8-6-11)19-10-15(20)12-3-2-4-14(9-12)21-16(17)18/h2-4,9,11,13,15-16,19-20H,5-8,10H2,1H3. The van der Waals surface area contributed by atoms with Gasteiger partial charge in [0.1, 0.15) is 5.75 Å². The predicted octanol–water partition coefficient (Wildman–Crippen LogP) is 3.49. The minimum Gasteiger partial charge on any atom is -0.435 e. The number of aliphatic hydroxyl groups is 1. The molecule has 5 heteroatoms. The second kappa shape index (κ2) is 7.71. The van der Waals surface area contributed by atoms with Crippen LogP contribution in [0.4, 0.5) is 8.78 Å². The fraction of sp³-hybridized carbons (Fsp3) is 0.625. The molecule has 0 radical (unpaired) electrons. The highest BCUT2D eigenvalue weighted by molar-refractivity contribution is 5.30. The Kier molecular flexibility index (Phi) is 5.94. The highest BCUT2D eigenvalue weighted by Crippen LogP contribution is 2.24. The number of ether oxygens (including phenoxy) is 1. The van der Waals surface area contributed by atoms with E-state index in [4.69, 9.17) is 0 Å². The number of hydrogen-bond donors (Lipinski definition) is 2. The van der Waals surface area contributed by atoms with Gasteiger partial charge in [-0.1, -0.05) is 19.1 Å². The third-order valence-corrected chi connectivity index (χ3v) is 4.08. The zero-order chi connectivity index (χ0) is 15.2. The van der Waals surface area contributed by atoms with Crippen LogP contribution in [0.2, 0.25) is 0 Å². The van der Waals surface area contributed by atoms with E-state index < -0.39 is 12.7 Å². The van der Waals surface area contributed by atoms with Crippen LogP contribution in [0.25, 0.3) is 0 Å². The molecule has 1 atom stereocenters. The summed E-state index contributed by atoms with van der Waals surface area (Å²) in [7, 11) is 0. The van der Waals surface area contributed by atoms with Gasteiger partial charge in [-0.25, -0.2) is 0 Å². The van der Waals surface area contributed by atoms with Crippen molar-refractivity contribution in [2.75, 3.05) is 6.54 Å². The molecule has 1 unspecified atom stereocenters. The van der Waals surface area contributed by atoms with E-state index in [1.54, 1.807) is 12.1 Å². The van der Waals surface area contributed by atoms with Crippen LogP contribution < -0.4 is 10.1 Å². The van der Waals surface area contributed by atoms with E-state index in [0.29, 0.717) is 18.2 Å². The summed E-state index contributed by atoms with van der Waals surface area (Å²) in [5, 5.41) is 13.5. The topological polar surface area (TPSA) is 41.5 Å². The minimum absolute atomic E-state index is 0.0769. The molecule has 1 aliphatic rings. The molecule has 1 aromatic carbocycles. The lowest BCUT2D eigenvalue weighted by atomic mass is 9.87. The smallest absolute Gasteiger partial charge is 0.387 e. The highest BCUT2D eigenvalue weighted by Gasteiger charge is 2.19. The van der Waals surface area contributed by atoms with E-state index in [9.17, 15) is 13.9 Å². The van der Waals surface area contributed by atoms with Crippen LogP contribution in [0.15, 0.2) is 24.3 Å². The second-order valence-corrected chi connectivity index (χ2v) is 5.83. The highest BCUT2D eigenvalue weighted by atomic mass is 19.3. The van der Waals surface area contributed by atoms with Crippen LogP contribution in [-0.2, 0) is 0 Å². The number of hydrogen-bond acceptors (Lipinski definition) is 3. The van der Waals surface area contributed by atoms with Gasteiger partial charge in [0.05, 0.1) is 6.10 Å². The normalized spacial score (nSPS) is 24.0. The second-order valence-electron chi connectivity index (χ2n) is 5.83. The van der Waals surface area contributed by atoms with Crippen molar-refractivity contribution >= 4 is 0 Å². The Morgan fingerprint density at radius 1 is 1.29 bits per heavy atom. The molecule has 2 rings (SSSR count). The third-order valence-electron chi connectivity index (χ3n) is 4.08. The third kappa shape index (κ3) is 5.25. The Morgan fingerprint density at radius 2 is 2.00 bits per heavy atom. The molecule has 0 spiro atoms. The SMILES string of the molecule is CC1CCC(NCC(O)c2cccc(OC(F)F)c2)CC1.